The van der Waals surface area contributed by atoms with Crippen LogP contribution in [-0.2, 0) is 10.1 Å². The van der Waals surface area contributed by atoms with E-state index in [1.54, 1.807) is 24.6 Å². The molecule has 0 unspecified atom stereocenters. The number of nitrogens with one attached hydrogen (secondary N) is 1. The summed E-state index contributed by atoms with van der Waals surface area (Å²) in [4.78, 5) is 0. The summed E-state index contributed by atoms with van der Waals surface area (Å²) in [6.45, 7) is 14.0. The molecule has 0 radical (unpaired) electrons. The van der Waals surface area contributed by atoms with E-state index in [9.17, 15) is 8.42 Å². The van der Waals surface area contributed by atoms with Gasteiger partial charge in [0.25, 0.3) is 10.1 Å². The summed E-state index contributed by atoms with van der Waals surface area (Å²) in [7, 11) is -4.64. The van der Waals surface area contributed by atoms with E-state index in [1.165, 1.54) is 51.4 Å². The Morgan fingerprint density at radius 3 is 1.36 bits per heavy atom. The van der Waals surface area contributed by atoms with Crippen molar-refractivity contribution >= 4 is 17.4 Å². The quantitative estimate of drug-likeness (QED) is 0.160. The Morgan fingerprint density at radius 1 is 0.750 bits per heavy atom. The molecule has 6 heteroatoms. The third-order valence-electron chi connectivity index (χ3n) is 5.37. The van der Waals surface area contributed by atoms with Crippen LogP contribution in [-0.4, -0.2) is 56.0 Å². The molecule has 0 aromatic carbocycles. The molecule has 0 saturated heterocycles. The summed E-state index contributed by atoms with van der Waals surface area (Å²) in [5.74, 6) is -0.160. The molecule has 0 atom stereocenters. The summed E-state index contributed by atoms with van der Waals surface area (Å²) in [5, 5.41) is 3.04. The zero-order valence-electron chi connectivity index (χ0n) is 19.9. The van der Waals surface area contributed by atoms with Gasteiger partial charge in [-0.3, -0.25) is 4.55 Å². The van der Waals surface area contributed by atoms with Gasteiger partial charge in [0, 0.05) is 6.04 Å². The molecule has 174 valence electrons. The zero-order chi connectivity index (χ0) is 21.9. The van der Waals surface area contributed by atoms with Gasteiger partial charge < -0.3 is 5.32 Å². The fourth-order valence-corrected chi connectivity index (χ4v) is 10.0. The Kier molecular flexibility index (Phi) is 21.0. The zero-order valence-corrected chi connectivity index (χ0v) is 21.7. The van der Waals surface area contributed by atoms with E-state index in [0.717, 1.165) is 0 Å². The summed E-state index contributed by atoms with van der Waals surface area (Å²) in [6, 6.07) is 0.358. The minimum atomic E-state index is -3.76. The van der Waals surface area contributed by atoms with Crippen LogP contribution in [0, 0.1) is 0 Å². The van der Waals surface area contributed by atoms with Crippen molar-refractivity contribution < 1.29 is 13.0 Å². The molecule has 0 aromatic heterocycles. The van der Waals surface area contributed by atoms with Gasteiger partial charge in [-0.25, -0.2) is 0 Å². The Bertz CT molecular complexity index is 390. The fourth-order valence-electron chi connectivity index (χ4n) is 3.60. The maximum absolute atomic E-state index is 10.2. The molecule has 0 bridgehead atoms. The third kappa shape index (κ3) is 21.0. The molecule has 0 aliphatic rings. The van der Waals surface area contributed by atoms with Crippen molar-refractivity contribution in [3.63, 3.8) is 0 Å². The van der Waals surface area contributed by atoms with Crippen LogP contribution in [0.2, 0.25) is 0 Å². The van der Waals surface area contributed by atoms with Gasteiger partial charge in [-0.2, -0.15) is 8.42 Å². The fraction of sp³-hybridized carbons (Fsp3) is 1.00. The second kappa shape index (κ2) is 19.3. The van der Waals surface area contributed by atoms with Gasteiger partial charge in [-0.15, -0.1) is 0 Å². The van der Waals surface area contributed by atoms with Crippen molar-refractivity contribution in [1.29, 1.82) is 0 Å². The molecule has 4 nitrogen and oxygen atoms in total. The van der Waals surface area contributed by atoms with Gasteiger partial charge >= 0.3 is 111 Å². The minimum absolute atomic E-state index is 0.160. The first-order valence-corrected chi connectivity index (χ1v) is 16.3. The van der Waals surface area contributed by atoms with Crippen molar-refractivity contribution in [2.45, 2.75) is 105 Å². The van der Waals surface area contributed by atoms with E-state index < -0.39 is 17.4 Å². The van der Waals surface area contributed by atoms with E-state index in [-0.39, 0.29) is 5.75 Å². The summed E-state index contributed by atoms with van der Waals surface area (Å²) < 4.78 is 28.7. The van der Waals surface area contributed by atoms with Gasteiger partial charge in [0.1, 0.15) is 0 Å². The predicted octanol–water partition coefficient (Wildman–Crippen LogP) is 6.20. The molecular weight excluding hydrogens is 389 g/mol. The molecule has 2 N–H and O–H groups in total. The standard InChI is InChI=1S/C16H37P.C6H15NO3S/c1-5-9-13-17(14-10-6-2,15-11-7-3)16-12-8-4;1-6(2)7-4-3-5-11(8,9)10/h17H,5-16H2,1-4H3;6-7H,3-5H2,1-2H3,(H,8,9,10). The van der Waals surface area contributed by atoms with Crippen LogP contribution in [0.1, 0.15) is 99.3 Å². The molecule has 0 aromatic rings. The topological polar surface area (TPSA) is 66.4 Å². The van der Waals surface area contributed by atoms with Crippen molar-refractivity contribution in [3.05, 3.63) is 0 Å². The Hall–Kier alpha value is 0.300. The van der Waals surface area contributed by atoms with Crippen LogP contribution in [0.4, 0.5) is 0 Å². The Balaban J connectivity index is 0. The molecule has 0 aliphatic carbocycles. The van der Waals surface area contributed by atoms with Gasteiger partial charge in [0.2, 0.25) is 0 Å². The SMILES string of the molecule is CC(C)NCCCS(=O)(=O)O.CCCC[PH](CCCC)(CCCC)CCCC. The molecule has 28 heavy (non-hydrogen) atoms. The summed E-state index contributed by atoms with van der Waals surface area (Å²) >= 11 is 0. The molecule has 0 rings (SSSR count). The summed E-state index contributed by atoms with van der Waals surface area (Å²) in [5.41, 5.74) is 0. The first-order chi connectivity index (χ1) is 13.2. The molecule has 0 aliphatic heterocycles. The molecule has 0 saturated carbocycles. The Labute approximate surface area is 178 Å². The van der Waals surface area contributed by atoms with Gasteiger partial charge in [0.15, 0.2) is 0 Å². The van der Waals surface area contributed by atoms with Gasteiger partial charge in [-0.05, 0) is 13.0 Å². The normalized spacial score (nSPS) is 12.7. The van der Waals surface area contributed by atoms with Crippen LogP contribution in [0.25, 0.3) is 0 Å². The van der Waals surface area contributed by atoms with Gasteiger partial charge in [-0.1, -0.05) is 13.8 Å². The van der Waals surface area contributed by atoms with E-state index >= 15 is 0 Å². The average Bonchev–Trinajstić information content (AvgIpc) is 2.64. The molecule has 0 fully saturated rings. The second-order valence-corrected chi connectivity index (χ2v) is 15.2. The first kappa shape index (κ1) is 30.5. The Morgan fingerprint density at radius 2 is 1.11 bits per heavy atom. The number of hydrogen-bond acceptors (Lipinski definition) is 3. The van der Waals surface area contributed by atoms with Crippen molar-refractivity contribution in [1.82, 2.24) is 5.32 Å². The second-order valence-electron chi connectivity index (χ2n) is 8.66. The molecule has 0 heterocycles. The molecular formula is C22H52NO3PS. The van der Waals surface area contributed by atoms with Crippen LogP contribution >= 0.6 is 7.26 Å². The van der Waals surface area contributed by atoms with Crippen LogP contribution < -0.4 is 5.32 Å². The maximum atomic E-state index is 10.2. The third-order valence-corrected chi connectivity index (χ3v) is 11.8. The van der Waals surface area contributed by atoms with E-state index in [4.69, 9.17) is 4.55 Å². The van der Waals surface area contributed by atoms with E-state index in [2.05, 4.69) is 33.0 Å². The van der Waals surface area contributed by atoms with Crippen LogP contribution in [0.5, 0.6) is 0 Å². The number of hydrogen-bond donors (Lipinski definition) is 2. The number of rotatable bonds is 17. The average molecular weight is 442 g/mol. The van der Waals surface area contributed by atoms with Gasteiger partial charge in [0.05, 0.1) is 5.75 Å². The van der Waals surface area contributed by atoms with Crippen LogP contribution in [0.15, 0.2) is 0 Å². The van der Waals surface area contributed by atoms with E-state index in [1.807, 2.05) is 13.8 Å². The van der Waals surface area contributed by atoms with E-state index in [0.29, 0.717) is 19.0 Å². The van der Waals surface area contributed by atoms with Crippen molar-refractivity contribution in [2.24, 2.45) is 0 Å². The summed E-state index contributed by atoms with van der Waals surface area (Å²) in [6.07, 6.45) is 18.6. The predicted molar refractivity (Wildman–Crippen MR) is 132 cm³/mol. The van der Waals surface area contributed by atoms with Crippen molar-refractivity contribution in [2.75, 3.05) is 36.9 Å². The first-order valence-electron chi connectivity index (χ1n) is 11.8. The van der Waals surface area contributed by atoms with Crippen molar-refractivity contribution in [3.8, 4) is 0 Å². The monoisotopic (exact) mass is 441 g/mol. The molecule has 0 amide bonds. The molecule has 0 spiro atoms. The van der Waals surface area contributed by atoms with Crippen LogP contribution in [0.3, 0.4) is 0 Å². The number of unbranched alkanes of at least 4 members (excludes halogenated alkanes) is 4.